The van der Waals surface area contributed by atoms with E-state index in [0.29, 0.717) is 10.4 Å². The van der Waals surface area contributed by atoms with Crippen molar-refractivity contribution in [3.8, 4) is 0 Å². The fourth-order valence-electron chi connectivity index (χ4n) is 1.07. The Labute approximate surface area is 83.3 Å². The van der Waals surface area contributed by atoms with Crippen LogP contribution in [0.2, 0.25) is 10.2 Å². The molecule has 0 aliphatic heterocycles. The molecule has 0 amide bonds. The first-order valence-corrected chi connectivity index (χ1v) is 4.20. The second kappa shape index (κ2) is 3.09. The molecule has 0 bridgehead atoms. The molecule has 0 aliphatic rings. The third-order valence-corrected chi connectivity index (χ3v) is 2.24. The van der Waals surface area contributed by atoms with E-state index in [1.807, 2.05) is 0 Å². The predicted molar refractivity (Wildman–Crippen MR) is 49.5 cm³/mol. The van der Waals surface area contributed by atoms with Gasteiger partial charge in [-0.25, -0.2) is 14.4 Å². The van der Waals surface area contributed by atoms with Crippen molar-refractivity contribution in [2.75, 3.05) is 0 Å². The molecule has 0 N–H and O–H groups in total. The molecule has 1 aromatic carbocycles. The average Bonchev–Trinajstić information content (AvgIpc) is 2.12. The fraction of sp³-hybridized carbons (Fsp3) is 0. The van der Waals surface area contributed by atoms with E-state index in [4.69, 9.17) is 23.2 Å². The summed E-state index contributed by atoms with van der Waals surface area (Å²) >= 11 is 11.5. The molecule has 0 saturated carbocycles. The van der Waals surface area contributed by atoms with E-state index in [9.17, 15) is 4.39 Å². The summed E-state index contributed by atoms with van der Waals surface area (Å²) in [4.78, 5) is 7.46. The molecule has 0 unspecified atom stereocenters. The van der Waals surface area contributed by atoms with Crippen LogP contribution in [0, 0.1) is 5.82 Å². The second-order valence-electron chi connectivity index (χ2n) is 2.42. The monoisotopic (exact) mass is 216 g/mol. The molecule has 0 fully saturated rings. The van der Waals surface area contributed by atoms with Crippen LogP contribution in [0.5, 0.6) is 0 Å². The zero-order chi connectivity index (χ0) is 9.42. The lowest BCUT2D eigenvalue weighted by atomic mass is 10.2. The third-order valence-electron chi connectivity index (χ3n) is 1.64. The zero-order valence-electron chi connectivity index (χ0n) is 6.26. The summed E-state index contributed by atoms with van der Waals surface area (Å²) in [6, 6.07) is 2.67. The van der Waals surface area contributed by atoms with E-state index in [-0.39, 0.29) is 10.7 Å². The first kappa shape index (κ1) is 8.66. The summed E-state index contributed by atoms with van der Waals surface area (Å²) in [6.45, 7) is 0. The van der Waals surface area contributed by atoms with Gasteiger partial charge in [0.2, 0.25) is 0 Å². The van der Waals surface area contributed by atoms with Crippen LogP contribution in [0.3, 0.4) is 0 Å². The summed E-state index contributed by atoms with van der Waals surface area (Å²) in [6.07, 6.45) is 1.20. The van der Waals surface area contributed by atoms with Crippen molar-refractivity contribution in [1.82, 2.24) is 9.97 Å². The van der Waals surface area contributed by atoms with Crippen LogP contribution >= 0.6 is 23.2 Å². The Bertz CT molecular complexity index is 465. The Kier molecular flexibility index (Phi) is 2.06. The normalized spacial score (nSPS) is 10.7. The topological polar surface area (TPSA) is 25.8 Å². The lowest BCUT2D eigenvalue weighted by Crippen LogP contribution is -1.88. The molecule has 13 heavy (non-hydrogen) atoms. The molecule has 1 heterocycles. The number of rotatable bonds is 0. The van der Waals surface area contributed by atoms with Gasteiger partial charge in [0.1, 0.15) is 22.8 Å². The molecule has 0 aliphatic carbocycles. The van der Waals surface area contributed by atoms with Crippen molar-refractivity contribution in [1.29, 1.82) is 0 Å². The maximum absolute atomic E-state index is 13.1. The molecular weight excluding hydrogens is 214 g/mol. The second-order valence-corrected chi connectivity index (χ2v) is 3.18. The fourth-order valence-corrected chi connectivity index (χ4v) is 1.59. The van der Waals surface area contributed by atoms with Crippen LogP contribution < -0.4 is 0 Å². The van der Waals surface area contributed by atoms with E-state index < -0.39 is 5.82 Å². The SMILES string of the molecule is Fc1ccc(Cl)c2c(Cl)ncnc12. The molecule has 0 saturated heterocycles. The van der Waals surface area contributed by atoms with Gasteiger partial charge >= 0.3 is 0 Å². The minimum atomic E-state index is -0.455. The van der Waals surface area contributed by atoms with E-state index in [1.54, 1.807) is 0 Å². The van der Waals surface area contributed by atoms with E-state index in [2.05, 4.69) is 9.97 Å². The summed E-state index contributed by atoms with van der Waals surface area (Å²) in [5.74, 6) is -0.455. The predicted octanol–water partition coefficient (Wildman–Crippen LogP) is 3.08. The number of aromatic nitrogens is 2. The van der Waals surface area contributed by atoms with Gasteiger partial charge in [-0.3, -0.25) is 0 Å². The number of hydrogen-bond donors (Lipinski definition) is 0. The lowest BCUT2D eigenvalue weighted by Gasteiger charge is -2.01. The number of halogens is 3. The minimum absolute atomic E-state index is 0.146. The molecule has 5 heteroatoms. The Balaban J connectivity index is 3.00. The number of fused-ring (bicyclic) bond motifs is 1. The van der Waals surface area contributed by atoms with Gasteiger partial charge in [-0.05, 0) is 12.1 Å². The van der Waals surface area contributed by atoms with Gasteiger partial charge in [-0.2, -0.15) is 0 Å². The van der Waals surface area contributed by atoms with Gasteiger partial charge in [0, 0.05) is 0 Å². The Hall–Kier alpha value is -0.930. The highest BCUT2D eigenvalue weighted by atomic mass is 35.5. The van der Waals surface area contributed by atoms with Gasteiger partial charge in [-0.15, -0.1) is 0 Å². The number of benzene rings is 1. The van der Waals surface area contributed by atoms with Crippen molar-refractivity contribution in [3.05, 3.63) is 34.5 Å². The van der Waals surface area contributed by atoms with Crippen molar-refractivity contribution in [2.45, 2.75) is 0 Å². The molecule has 0 spiro atoms. The number of hydrogen-bond acceptors (Lipinski definition) is 2. The summed E-state index contributed by atoms with van der Waals surface area (Å²) < 4.78 is 13.1. The quantitative estimate of drug-likeness (QED) is 0.633. The van der Waals surface area contributed by atoms with E-state index in [0.717, 1.165) is 0 Å². The van der Waals surface area contributed by atoms with Crippen LogP contribution in [-0.2, 0) is 0 Å². The Morgan fingerprint density at radius 3 is 2.62 bits per heavy atom. The van der Waals surface area contributed by atoms with Gasteiger partial charge in [-0.1, -0.05) is 23.2 Å². The zero-order valence-corrected chi connectivity index (χ0v) is 7.77. The van der Waals surface area contributed by atoms with E-state index >= 15 is 0 Å². The largest absolute Gasteiger partial charge is 0.233 e. The molecule has 0 atom stereocenters. The smallest absolute Gasteiger partial charge is 0.149 e. The number of nitrogens with zero attached hydrogens (tertiary/aromatic N) is 2. The van der Waals surface area contributed by atoms with Gasteiger partial charge in [0.15, 0.2) is 0 Å². The Morgan fingerprint density at radius 2 is 1.92 bits per heavy atom. The molecule has 0 radical (unpaired) electrons. The van der Waals surface area contributed by atoms with Crippen LogP contribution in [0.4, 0.5) is 4.39 Å². The van der Waals surface area contributed by atoms with Crippen LogP contribution in [0.25, 0.3) is 10.9 Å². The van der Waals surface area contributed by atoms with Gasteiger partial charge < -0.3 is 0 Å². The van der Waals surface area contributed by atoms with E-state index in [1.165, 1.54) is 18.5 Å². The molecule has 2 rings (SSSR count). The average molecular weight is 217 g/mol. The summed E-state index contributed by atoms with van der Waals surface area (Å²) in [5.41, 5.74) is 0.146. The van der Waals surface area contributed by atoms with Gasteiger partial charge in [0.25, 0.3) is 0 Å². The summed E-state index contributed by atoms with van der Waals surface area (Å²) in [7, 11) is 0. The standard InChI is InChI=1S/C8H3Cl2FN2/c9-4-1-2-5(11)7-6(4)8(10)13-3-12-7/h1-3H. The first-order chi connectivity index (χ1) is 6.20. The Morgan fingerprint density at radius 1 is 1.15 bits per heavy atom. The minimum Gasteiger partial charge on any atom is -0.233 e. The molecule has 66 valence electrons. The maximum Gasteiger partial charge on any atom is 0.149 e. The van der Waals surface area contributed by atoms with Gasteiger partial charge in [0.05, 0.1) is 10.4 Å². The first-order valence-electron chi connectivity index (χ1n) is 3.44. The third kappa shape index (κ3) is 1.34. The maximum atomic E-state index is 13.1. The highest BCUT2D eigenvalue weighted by Crippen LogP contribution is 2.28. The van der Waals surface area contributed by atoms with Crippen LogP contribution in [0.15, 0.2) is 18.5 Å². The lowest BCUT2D eigenvalue weighted by molar-refractivity contribution is 0.636. The van der Waals surface area contributed by atoms with Crippen molar-refractivity contribution in [3.63, 3.8) is 0 Å². The molecule has 1 aromatic heterocycles. The van der Waals surface area contributed by atoms with Crippen molar-refractivity contribution >= 4 is 34.1 Å². The van der Waals surface area contributed by atoms with Crippen molar-refractivity contribution in [2.24, 2.45) is 0 Å². The van der Waals surface area contributed by atoms with Crippen molar-refractivity contribution < 1.29 is 4.39 Å². The highest BCUT2D eigenvalue weighted by molar-refractivity contribution is 6.41. The molecule has 2 nitrogen and oxygen atoms in total. The summed E-state index contributed by atoms with van der Waals surface area (Å²) in [5, 5.41) is 0.863. The molecular formula is C8H3Cl2FN2. The van der Waals surface area contributed by atoms with Crippen LogP contribution in [0.1, 0.15) is 0 Å². The highest BCUT2D eigenvalue weighted by Gasteiger charge is 2.09. The molecule has 2 aromatic rings. The van der Waals surface area contributed by atoms with Crippen LogP contribution in [-0.4, -0.2) is 9.97 Å².